The third-order valence-electron chi connectivity index (χ3n) is 2.91. The lowest BCUT2D eigenvalue weighted by atomic mass is 9.87. The van der Waals surface area contributed by atoms with E-state index in [1.54, 1.807) is 18.2 Å². The molecule has 0 amide bonds. The molecule has 6 heteroatoms. The van der Waals surface area contributed by atoms with Crippen LogP contribution in [0.15, 0.2) is 40.1 Å². The first-order valence-electron chi connectivity index (χ1n) is 6.24. The van der Waals surface area contributed by atoms with Crippen LogP contribution in [0, 0.1) is 0 Å². The molecule has 0 bridgehead atoms. The fraction of sp³-hybridized carbons (Fsp3) is 0.357. The van der Waals surface area contributed by atoms with Gasteiger partial charge >= 0.3 is 0 Å². The topological polar surface area (TPSA) is 58.5 Å². The average Bonchev–Trinajstić information content (AvgIpc) is 2.34. The molecule has 0 fully saturated rings. The molecule has 1 aromatic carbocycles. The molecule has 0 aliphatic carbocycles. The highest BCUT2D eigenvalue weighted by atomic mass is 32.2. The van der Waals surface area contributed by atoms with Gasteiger partial charge in [-0.05, 0) is 23.1 Å². The summed E-state index contributed by atoms with van der Waals surface area (Å²) < 4.78 is 28.3. The number of amidine groups is 1. The van der Waals surface area contributed by atoms with Crippen LogP contribution in [0.1, 0.15) is 26.3 Å². The highest BCUT2D eigenvalue weighted by Crippen LogP contribution is 2.33. The van der Waals surface area contributed by atoms with Crippen LogP contribution in [0.5, 0.6) is 0 Å². The van der Waals surface area contributed by atoms with Gasteiger partial charge in [-0.2, -0.15) is 8.42 Å². The highest BCUT2D eigenvalue weighted by Gasteiger charge is 2.27. The van der Waals surface area contributed by atoms with Crippen LogP contribution in [0.2, 0.25) is 0 Å². The van der Waals surface area contributed by atoms with Crippen molar-refractivity contribution < 1.29 is 8.42 Å². The molecule has 0 spiro atoms. The van der Waals surface area contributed by atoms with Crippen molar-refractivity contribution in [2.45, 2.75) is 31.1 Å². The number of rotatable bonds is 2. The van der Waals surface area contributed by atoms with E-state index in [4.69, 9.17) is 0 Å². The van der Waals surface area contributed by atoms with Crippen molar-refractivity contribution in [1.29, 1.82) is 0 Å². The van der Waals surface area contributed by atoms with Gasteiger partial charge in [-0.1, -0.05) is 44.7 Å². The molecule has 1 aromatic rings. The van der Waals surface area contributed by atoms with E-state index in [1.807, 2.05) is 26.8 Å². The first-order chi connectivity index (χ1) is 9.24. The molecule has 0 radical (unpaired) electrons. The summed E-state index contributed by atoms with van der Waals surface area (Å²) in [6, 6.07) is 5.45. The average molecular weight is 310 g/mol. The van der Waals surface area contributed by atoms with Crippen LogP contribution in [-0.2, 0) is 15.4 Å². The second-order valence-corrected chi connectivity index (χ2v) is 8.14. The summed E-state index contributed by atoms with van der Waals surface area (Å²) in [7, 11) is -3.63. The lowest BCUT2D eigenvalue weighted by Crippen LogP contribution is -2.20. The summed E-state index contributed by atoms with van der Waals surface area (Å²) >= 11 is 1.31. The molecule has 0 saturated carbocycles. The monoisotopic (exact) mass is 310 g/mol. The summed E-state index contributed by atoms with van der Waals surface area (Å²) in [5, 5.41) is 3.44. The Labute approximate surface area is 124 Å². The van der Waals surface area contributed by atoms with Crippen molar-refractivity contribution in [2.75, 3.05) is 11.1 Å². The van der Waals surface area contributed by atoms with Crippen molar-refractivity contribution >= 4 is 32.6 Å². The number of fused-ring (bicyclic) bond motifs is 1. The summed E-state index contributed by atoms with van der Waals surface area (Å²) in [6.45, 7) is 9.75. The van der Waals surface area contributed by atoms with E-state index < -0.39 is 10.0 Å². The van der Waals surface area contributed by atoms with Crippen LogP contribution in [0.3, 0.4) is 0 Å². The third-order valence-corrected chi connectivity index (χ3v) is 5.21. The van der Waals surface area contributed by atoms with Gasteiger partial charge in [-0.3, -0.25) is 0 Å². The lowest BCUT2D eigenvalue weighted by molar-refractivity contribution is 0.584. The Balaban J connectivity index is 2.45. The van der Waals surface area contributed by atoms with E-state index >= 15 is 0 Å². The van der Waals surface area contributed by atoms with Crippen molar-refractivity contribution in [3.63, 3.8) is 0 Å². The quantitative estimate of drug-likeness (QED) is 0.851. The zero-order valence-electron chi connectivity index (χ0n) is 11.8. The fourth-order valence-corrected chi connectivity index (χ4v) is 3.80. The van der Waals surface area contributed by atoms with E-state index in [-0.39, 0.29) is 10.3 Å². The molecule has 0 atom stereocenters. The molecule has 0 aromatic heterocycles. The third kappa shape index (κ3) is 3.07. The largest absolute Gasteiger partial charge is 0.333 e. The Morgan fingerprint density at radius 1 is 1.40 bits per heavy atom. The Morgan fingerprint density at radius 2 is 2.10 bits per heavy atom. The summed E-state index contributed by atoms with van der Waals surface area (Å²) in [5.74, 6) is 0.608. The zero-order chi connectivity index (χ0) is 15.0. The number of benzene rings is 1. The predicted octanol–water partition coefficient (Wildman–Crippen LogP) is 3.37. The van der Waals surface area contributed by atoms with Gasteiger partial charge in [-0.15, -0.1) is 11.0 Å². The van der Waals surface area contributed by atoms with Gasteiger partial charge in [0.15, 0.2) is 5.17 Å². The zero-order valence-corrected chi connectivity index (χ0v) is 13.4. The Morgan fingerprint density at radius 3 is 2.70 bits per heavy atom. The molecular formula is C14H18N2O2S2. The Kier molecular flexibility index (Phi) is 3.97. The van der Waals surface area contributed by atoms with Crippen LogP contribution in [0.4, 0.5) is 5.69 Å². The minimum Gasteiger partial charge on any atom is -0.333 e. The van der Waals surface area contributed by atoms with Crippen molar-refractivity contribution in [2.24, 2.45) is 4.40 Å². The van der Waals surface area contributed by atoms with Gasteiger partial charge in [0.25, 0.3) is 10.0 Å². The van der Waals surface area contributed by atoms with Crippen molar-refractivity contribution in [1.82, 2.24) is 0 Å². The number of hydrogen-bond donors (Lipinski definition) is 1. The number of nitrogens with one attached hydrogen (secondary N) is 1. The van der Waals surface area contributed by atoms with Gasteiger partial charge in [-0.25, -0.2) is 0 Å². The second-order valence-electron chi connectivity index (χ2n) is 5.56. The molecule has 20 heavy (non-hydrogen) atoms. The first kappa shape index (κ1) is 15.1. The Hall–Kier alpha value is -1.27. The van der Waals surface area contributed by atoms with E-state index in [1.165, 1.54) is 11.8 Å². The molecule has 0 unspecified atom stereocenters. The maximum atomic E-state index is 12.3. The lowest BCUT2D eigenvalue weighted by Gasteiger charge is -2.23. The number of hydrogen-bond acceptors (Lipinski definition) is 4. The van der Waals surface area contributed by atoms with E-state index in [0.717, 1.165) is 5.56 Å². The minimum absolute atomic E-state index is 0.105. The number of sulfonamides is 1. The molecule has 2 rings (SSSR count). The molecular weight excluding hydrogens is 292 g/mol. The molecule has 1 N–H and O–H groups in total. The maximum absolute atomic E-state index is 12.3. The Bertz CT molecular complexity index is 671. The van der Waals surface area contributed by atoms with E-state index in [2.05, 4.69) is 16.3 Å². The summed E-state index contributed by atoms with van der Waals surface area (Å²) in [6.07, 6.45) is 1.71. The molecule has 1 heterocycles. The van der Waals surface area contributed by atoms with E-state index in [9.17, 15) is 8.42 Å². The van der Waals surface area contributed by atoms with Gasteiger partial charge in [0.1, 0.15) is 4.90 Å². The molecule has 0 saturated heterocycles. The first-order valence-corrected chi connectivity index (χ1v) is 8.67. The van der Waals surface area contributed by atoms with Crippen LogP contribution < -0.4 is 5.32 Å². The molecule has 108 valence electrons. The van der Waals surface area contributed by atoms with Crippen LogP contribution in [0.25, 0.3) is 0 Å². The van der Waals surface area contributed by atoms with Crippen LogP contribution in [-0.4, -0.2) is 19.3 Å². The van der Waals surface area contributed by atoms with Gasteiger partial charge in [0.05, 0.1) is 5.69 Å². The second kappa shape index (κ2) is 5.26. The minimum atomic E-state index is -3.63. The molecule has 1 aliphatic rings. The van der Waals surface area contributed by atoms with Gasteiger partial charge in [0.2, 0.25) is 0 Å². The predicted molar refractivity (Wildman–Crippen MR) is 86.0 cm³/mol. The van der Waals surface area contributed by atoms with E-state index in [0.29, 0.717) is 16.6 Å². The normalized spacial score (nSPS) is 16.9. The standard InChI is InChI=1S/C14H18N2O2S2/c1-5-8-19-13-15-11-7-6-10(14(2,3)4)9-12(11)20(17,18)16-13/h5-7,9H,1,8H2,2-4H3,(H,15,16). The van der Waals surface area contributed by atoms with Crippen LogP contribution >= 0.6 is 11.8 Å². The number of thioether (sulfide) groups is 1. The maximum Gasteiger partial charge on any atom is 0.286 e. The van der Waals surface area contributed by atoms with Gasteiger partial charge in [0, 0.05) is 5.75 Å². The molecule has 1 aliphatic heterocycles. The highest BCUT2D eigenvalue weighted by molar-refractivity contribution is 8.15. The van der Waals surface area contributed by atoms with Crippen molar-refractivity contribution in [3.05, 3.63) is 36.4 Å². The van der Waals surface area contributed by atoms with Crippen molar-refractivity contribution in [3.8, 4) is 0 Å². The van der Waals surface area contributed by atoms with Gasteiger partial charge < -0.3 is 5.32 Å². The molecule has 4 nitrogen and oxygen atoms in total. The summed E-state index contributed by atoms with van der Waals surface area (Å²) in [4.78, 5) is 0.243. The number of anilines is 1. The fourth-order valence-electron chi connectivity index (χ4n) is 1.80. The summed E-state index contributed by atoms with van der Waals surface area (Å²) in [5.41, 5.74) is 1.45. The smallest absolute Gasteiger partial charge is 0.286 e. The number of nitrogens with zero attached hydrogens (tertiary/aromatic N) is 1. The SMILES string of the molecule is C=CCSC1=NS(=O)(=O)c2cc(C(C)(C)C)ccc2N1.